The number of rotatable bonds is 13. The van der Waals surface area contributed by atoms with Gasteiger partial charge < -0.3 is 27.5 Å². The number of ether oxygens (including phenoxy) is 3. The van der Waals surface area contributed by atoms with Crippen molar-refractivity contribution in [2.75, 3.05) is 61.0 Å². The maximum atomic E-state index is 6.51. The maximum Gasteiger partial charge on any atom is 0.508 e. The number of fused-ring (bicyclic) bond motifs is 2. The van der Waals surface area contributed by atoms with Crippen molar-refractivity contribution in [2.24, 2.45) is 17.3 Å². The third kappa shape index (κ3) is 3.77. The Morgan fingerprint density at radius 3 is 1.58 bits per heavy atom. The summed E-state index contributed by atoms with van der Waals surface area (Å²) in [6, 6.07) is 0. The first kappa shape index (κ1) is 22.3. The highest BCUT2D eigenvalue weighted by Gasteiger charge is 2.78. The van der Waals surface area contributed by atoms with Crippen LogP contribution in [0.3, 0.4) is 0 Å². The molecule has 0 heterocycles. The lowest BCUT2D eigenvalue weighted by molar-refractivity contribution is -0.142. The summed E-state index contributed by atoms with van der Waals surface area (Å²) < 4.78 is 35.2. The average Bonchev–Trinajstić information content (AvgIpc) is 2.61. The standard InChI is InChI=1S/C19H38O6Si/c1-16-7-8-17-15-19(16,18(17,2)3)26(23-12-9-20-4,24-13-10-21-5)25-14-11-22-6/h16-17H,7-15H2,1-6H3. The molecular weight excluding hydrogens is 352 g/mol. The Morgan fingerprint density at radius 2 is 1.23 bits per heavy atom. The van der Waals surface area contributed by atoms with E-state index in [1.165, 1.54) is 12.8 Å². The second-order valence-electron chi connectivity index (χ2n) is 8.15. The maximum absolute atomic E-state index is 6.51. The van der Waals surface area contributed by atoms with Crippen LogP contribution in [0.25, 0.3) is 0 Å². The highest BCUT2D eigenvalue weighted by Crippen LogP contribution is 2.78. The fourth-order valence-corrected chi connectivity index (χ4v) is 9.56. The molecule has 3 atom stereocenters. The number of hydrogen-bond donors (Lipinski definition) is 0. The average molecular weight is 391 g/mol. The molecule has 2 bridgehead atoms. The highest BCUT2D eigenvalue weighted by molar-refractivity contribution is 6.65. The molecule has 6 nitrogen and oxygen atoms in total. The summed E-state index contributed by atoms with van der Waals surface area (Å²) in [7, 11) is 2.07. The van der Waals surface area contributed by atoms with Crippen molar-refractivity contribution in [3.05, 3.63) is 0 Å². The Labute approximate surface area is 160 Å². The monoisotopic (exact) mass is 390 g/mol. The first-order valence-electron chi connectivity index (χ1n) is 9.80. The van der Waals surface area contributed by atoms with Crippen LogP contribution in [-0.2, 0) is 27.5 Å². The molecule has 3 aliphatic carbocycles. The summed E-state index contributed by atoms with van der Waals surface area (Å²) in [4.78, 5) is 0. The van der Waals surface area contributed by atoms with E-state index < -0.39 is 8.80 Å². The van der Waals surface area contributed by atoms with Gasteiger partial charge in [-0.1, -0.05) is 20.8 Å². The van der Waals surface area contributed by atoms with Gasteiger partial charge in [0.1, 0.15) is 0 Å². The van der Waals surface area contributed by atoms with Gasteiger partial charge in [0.2, 0.25) is 0 Å². The van der Waals surface area contributed by atoms with Gasteiger partial charge >= 0.3 is 8.80 Å². The molecule has 0 N–H and O–H groups in total. The zero-order valence-corrected chi connectivity index (χ0v) is 18.5. The SMILES string of the molecule is COCCO[Si](OCCOC)(OCCOC)C12CC(CCC1C)C2(C)C. The fraction of sp³-hybridized carbons (Fsp3) is 1.00. The van der Waals surface area contributed by atoms with Crippen LogP contribution in [0.2, 0.25) is 5.04 Å². The van der Waals surface area contributed by atoms with Gasteiger partial charge in [0, 0.05) is 26.4 Å². The third-order valence-electron chi connectivity index (χ3n) is 6.81. The molecule has 154 valence electrons. The van der Waals surface area contributed by atoms with E-state index in [-0.39, 0.29) is 10.5 Å². The predicted octanol–water partition coefficient (Wildman–Crippen LogP) is 3.13. The molecule has 0 spiro atoms. The van der Waals surface area contributed by atoms with Gasteiger partial charge in [0.15, 0.2) is 0 Å². The summed E-state index contributed by atoms with van der Waals surface area (Å²) in [6.07, 6.45) is 3.62. The molecule has 3 saturated carbocycles. The molecular formula is C19H38O6Si. The molecule has 3 unspecified atom stereocenters. The fourth-order valence-electron chi connectivity index (χ4n) is 5.25. The van der Waals surface area contributed by atoms with Crippen molar-refractivity contribution in [1.82, 2.24) is 0 Å². The van der Waals surface area contributed by atoms with Crippen molar-refractivity contribution in [3.8, 4) is 0 Å². The van der Waals surface area contributed by atoms with Crippen LogP contribution in [0.1, 0.15) is 40.0 Å². The minimum Gasteiger partial charge on any atom is -0.382 e. The molecule has 0 aromatic heterocycles. The summed E-state index contributed by atoms with van der Waals surface area (Å²) in [6.45, 7) is 10.1. The van der Waals surface area contributed by atoms with Gasteiger partial charge in [0.05, 0.1) is 39.6 Å². The van der Waals surface area contributed by atoms with Gasteiger partial charge in [-0.25, -0.2) is 0 Å². The van der Waals surface area contributed by atoms with Gasteiger partial charge in [0.25, 0.3) is 0 Å². The lowest BCUT2D eigenvalue weighted by Crippen LogP contribution is -2.73. The molecule has 0 radical (unpaired) electrons. The minimum absolute atomic E-state index is 0.0574. The van der Waals surface area contributed by atoms with Gasteiger partial charge in [-0.2, -0.15) is 0 Å². The Bertz CT molecular complexity index is 406. The lowest BCUT2D eigenvalue weighted by atomic mass is 9.45. The summed E-state index contributed by atoms with van der Waals surface area (Å²) >= 11 is 0. The van der Waals surface area contributed by atoms with E-state index in [0.717, 1.165) is 6.42 Å². The molecule has 3 fully saturated rings. The van der Waals surface area contributed by atoms with Crippen LogP contribution in [0.4, 0.5) is 0 Å². The molecule has 3 rings (SSSR count). The van der Waals surface area contributed by atoms with Crippen molar-refractivity contribution in [3.63, 3.8) is 0 Å². The van der Waals surface area contributed by atoms with Crippen LogP contribution in [0.15, 0.2) is 0 Å². The van der Waals surface area contributed by atoms with Crippen LogP contribution in [0, 0.1) is 17.3 Å². The topological polar surface area (TPSA) is 55.4 Å². The highest BCUT2D eigenvalue weighted by atomic mass is 28.4. The third-order valence-corrected chi connectivity index (χ3v) is 11.0. The van der Waals surface area contributed by atoms with E-state index in [1.54, 1.807) is 21.3 Å². The van der Waals surface area contributed by atoms with Crippen molar-refractivity contribution in [1.29, 1.82) is 0 Å². The van der Waals surface area contributed by atoms with Gasteiger partial charge in [-0.15, -0.1) is 0 Å². The Kier molecular flexibility index (Phi) is 8.09. The van der Waals surface area contributed by atoms with Crippen LogP contribution in [-0.4, -0.2) is 69.8 Å². The van der Waals surface area contributed by atoms with E-state index in [9.17, 15) is 0 Å². The Hall–Kier alpha value is -0.0231. The zero-order chi connectivity index (χ0) is 19.3. The number of methoxy groups -OCH3 is 3. The lowest BCUT2D eigenvalue weighted by Gasteiger charge is -2.71. The zero-order valence-electron chi connectivity index (χ0n) is 17.5. The van der Waals surface area contributed by atoms with E-state index >= 15 is 0 Å². The molecule has 0 amide bonds. The Morgan fingerprint density at radius 1 is 0.769 bits per heavy atom. The van der Waals surface area contributed by atoms with Crippen molar-refractivity contribution < 1.29 is 27.5 Å². The Balaban J connectivity index is 2.34. The van der Waals surface area contributed by atoms with Gasteiger partial charge in [-0.3, -0.25) is 0 Å². The molecule has 26 heavy (non-hydrogen) atoms. The molecule has 0 aliphatic heterocycles. The van der Waals surface area contributed by atoms with Crippen molar-refractivity contribution in [2.45, 2.75) is 45.1 Å². The van der Waals surface area contributed by atoms with E-state index in [0.29, 0.717) is 51.5 Å². The van der Waals surface area contributed by atoms with Crippen LogP contribution >= 0.6 is 0 Å². The summed E-state index contributed by atoms with van der Waals surface area (Å²) in [5, 5.41) is -0.0574. The van der Waals surface area contributed by atoms with E-state index in [1.807, 2.05) is 0 Å². The largest absolute Gasteiger partial charge is 0.508 e. The predicted molar refractivity (Wildman–Crippen MR) is 102 cm³/mol. The molecule has 0 aromatic rings. The smallest absolute Gasteiger partial charge is 0.382 e. The normalized spacial score (nSPS) is 30.2. The van der Waals surface area contributed by atoms with E-state index in [2.05, 4.69) is 20.8 Å². The minimum atomic E-state index is -3.00. The summed E-state index contributed by atoms with van der Waals surface area (Å²) in [5.74, 6) is 1.22. The molecule has 0 aromatic carbocycles. The second kappa shape index (κ2) is 9.45. The summed E-state index contributed by atoms with van der Waals surface area (Å²) in [5.41, 5.74) is 0.143. The quantitative estimate of drug-likeness (QED) is 0.356. The molecule has 7 heteroatoms. The van der Waals surface area contributed by atoms with Crippen LogP contribution < -0.4 is 0 Å². The molecule has 0 saturated heterocycles. The first-order valence-corrected chi connectivity index (χ1v) is 11.5. The molecule has 3 aliphatic rings. The first-order chi connectivity index (χ1) is 12.4. The number of hydrogen-bond acceptors (Lipinski definition) is 6. The van der Waals surface area contributed by atoms with E-state index in [4.69, 9.17) is 27.5 Å². The second-order valence-corrected chi connectivity index (χ2v) is 11.0. The van der Waals surface area contributed by atoms with Crippen LogP contribution in [0.5, 0.6) is 0 Å². The van der Waals surface area contributed by atoms with Crippen molar-refractivity contribution >= 4 is 8.80 Å². The van der Waals surface area contributed by atoms with Gasteiger partial charge in [-0.05, 0) is 36.5 Å².